The van der Waals surface area contributed by atoms with Crippen molar-refractivity contribution < 1.29 is 19.4 Å². The monoisotopic (exact) mass is 271 g/mol. The summed E-state index contributed by atoms with van der Waals surface area (Å²) in [5.41, 5.74) is 0. The van der Waals surface area contributed by atoms with E-state index < -0.39 is 18.1 Å². The number of aliphatic carboxylic acids is 1. The molecule has 0 bridgehead atoms. The van der Waals surface area contributed by atoms with Crippen molar-refractivity contribution in [2.24, 2.45) is 0 Å². The highest BCUT2D eigenvalue weighted by molar-refractivity contribution is 5.79. The van der Waals surface area contributed by atoms with Crippen LogP contribution in [0, 0.1) is 0 Å². The Balaban J connectivity index is 3.74. The van der Waals surface area contributed by atoms with Gasteiger partial charge in [-0.05, 0) is 32.1 Å². The van der Waals surface area contributed by atoms with E-state index in [0.29, 0.717) is 13.0 Å². The Labute approximate surface area is 115 Å². The Hall–Kier alpha value is -1.52. The molecular weight excluding hydrogens is 246 g/mol. The van der Waals surface area contributed by atoms with Gasteiger partial charge in [-0.2, -0.15) is 0 Å². The maximum Gasteiger partial charge on any atom is 0.407 e. The van der Waals surface area contributed by atoms with E-state index in [1.807, 2.05) is 13.0 Å². The van der Waals surface area contributed by atoms with Crippen molar-refractivity contribution in [3.8, 4) is 0 Å². The first-order valence-corrected chi connectivity index (χ1v) is 6.88. The van der Waals surface area contributed by atoms with Gasteiger partial charge in [-0.1, -0.05) is 25.8 Å². The lowest BCUT2D eigenvalue weighted by atomic mass is 10.1. The van der Waals surface area contributed by atoms with Crippen molar-refractivity contribution in [2.75, 3.05) is 6.61 Å². The van der Waals surface area contributed by atoms with Crippen molar-refractivity contribution in [3.05, 3.63) is 12.7 Å². The number of nitrogens with one attached hydrogen (secondary N) is 1. The van der Waals surface area contributed by atoms with E-state index in [-0.39, 0.29) is 0 Å². The molecule has 0 radical (unpaired) electrons. The fraction of sp³-hybridized carbons (Fsp3) is 0.714. The molecule has 110 valence electrons. The number of hydrogen-bond donors (Lipinski definition) is 2. The van der Waals surface area contributed by atoms with E-state index >= 15 is 0 Å². The second kappa shape index (κ2) is 11.6. The summed E-state index contributed by atoms with van der Waals surface area (Å²) < 4.78 is 4.94. The number of rotatable bonds is 11. The van der Waals surface area contributed by atoms with Crippen molar-refractivity contribution in [3.63, 3.8) is 0 Å². The number of ether oxygens (including phenoxy) is 1. The third kappa shape index (κ3) is 10.1. The summed E-state index contributed by atoms with van der Waals surface area (Å²) in [7, 11) is 0. The lowest BCUT2D eigenvalue weighted by Gasteiger charge is -2.14. The molecule has 5 nitrogen and oxygen atoms in total. The number of allylic oxidation sites excluding steroid dienone is 1. The quantitative estimate of drug-likeness (QED) is 0.447. The van der Waals surface area contributed by atoms with Gasteiger partial charge in [0.25, 0.3) is 0 Å². The predicted octanol–water partition coefficient (Wildman–Crippen LogP) is 3.10. The first kappa shape index (κ1) is 17.5. The Morgan fingerprint density at radius 3 is 2.63 bits per heavy atom. The number of carbonyl (C=O) groups is 2. The number of carbonyl (C=O) groups excluding carboxylic acids is 1. The molecule has 0 aliphatic carbocycles. The summed E-state index contributed by atoms with van der Waals surface area (Å²) in [6.07, 6.45) is 7.05. The topological polar surface area (TPSA) is 75.6 Å². The van der Waals surface area contributed by atoms with Crippen LogP contribution in [0.5, 0.6) is 0 Å². The van der Waals surface area contributed by atoms with Crippen molar-refractivity contribution in [1.82, 2.24) is 5.32 Å². The van der Waals surface area contributed by atoms with E-state index in [4.69, 9.17) is 9.84 Å². The third-order valence-electron chi connectivity index (χ3n) is 2.72. The zero-order valence-corrected chi connectivity index (χ0v) is 11.7. The molecule has 0 heterocycles. The molecule has 0 aromatic rings. The average molecular weight is 271 g/mol. The van der Waals surface area contributed by atoms with Crippen LogP contribution in [-0.2, 0) is 9.53 Å². The maximum absolute atomic E-state index is 11.4. The van der Waals surface area contributed by atoms with Gasteiger partial charge >= 0.3 is 12.1 Å². The number of hydrogen-bond acceptors (Lipinski definition) is 3. The molecule has 0 saturated carbocycles. The molecule has 0 aliphatic heterocycles. The van der Waals surface area contributed by atoms with Gasteiger partial charge in [0.05, 0.1) is 6.61 Å². The van der Waals surface area contributed by atoms with Crippen LogP contribution in [0.4, 0.5) is 4.79 Å². The number of carboxylic acid groups (broad SMARTS) is 1. The molecule has 1 atom stereocenters. The standard InChI is InChI=1S/C14H25NO4/c1-3-5-7-8-9-11-19-14(18)15-12(13(16)17)10-6-4-2/h3,12H,1,4-11H2,2H3,(H,15,18)(H,16,17). The number of amides is 1. The number of unbranched alkanes of at least 4 members (excludes halogenated alkanes) is 4. The summed E-state index contributed by atoms with van der Waals surface area (Å²) in [6.45, 7) is 5.92. The van der Waals surface area contributed by atoms with E-state index in [0.717, 1.165) is 38.5 Å². The van der Waals surface area contributed by atoms with Crippen molar-refractivity contribution in [1.29, 1.82) is 0 Å². The molecule has 1 unspecified atom stereocenters. The van der Waals surface area contributed by atoms with Crippen LogP contribution in [0.25, 0.3) is 0 Å². The molecule has 1 amide bonds. The Bertz CT molecular complexity index is 279. The normalized spacial score (nSPS) is 11.6. The maximum atomic E-state index is 11.4. The first-order chi connectivity index (χ1) is 9.11. The van der Waals surface area contributed by atoms with Crippen LogP contribution in [0.2, 0.25) is 0 Å². The van der Waals surface area contributed by atoms with Crippen LogP contribution < -0.4 is 5.32 Å². The predicted molar refractivity (Wildman–Crippen MR) is 74.1 cm³/mol. The SMILES string of the molecule is C=CCCCCCOC(=O)NC(CCCC)C(=O)O. The summed E-state index contributed by atoms with van der Waals surface area (Å²) in [4.78, 5) is 22.3. The molecular formula is C14H25NO4. The first-order valence-electron chi connectivity index (χ1n) is 6.88. The van der Waals surface area contributed by atoms with Crippen molar-refractivity contribution >= 4 is 12.1 Å². The fourth-order valence-corrected chi connectivity index (χ4v) is 1.58. The highest BCUT2D eigenvalue weighted by Gasteiger charge is 2.19. The largest absolute Gasteiger partial charge is 0.480 e. The Kier molecular flexibility index (Phi) is 10.6. The zero-order chi connectivity index (χ0) is 14.5. The van der Waals surface area contributed by atoms with Gasteiger partial charge in [0.1, 0.15) is 6.04 Å². The fourth-order valence-electron chi connectivity index (χ4n) is 1.58. The van der Waals surface area contributed by atoms with Gasteiger partial charge in [0, 0.05) is 0 Å². The minimum atomic E-state index is -1.02. The average Bonchev–Trinajstić information content (AvgIpc) is 2.38. The highest BCUT2D eigenvalue weighted by Crippen LogP contribution is 2.03. The van der Waals surface area contributed by atoms with E-state index in [1.54, 1.807) is 0 Å². The Morgan fingerprint density at radius 2 is 2.05 bits per heavy atom. The van der Waals surface area contributed by atoms with Crippen LogP contribution in [0.3, 0.4) is 0 Å². The molecule has 5 heteroatoms. The Morgan fingerprint density at radius 1 is 1.32 bits per heavy atom. The third-order valence-corrected chi connectivity index (χ3v) is 2.72. The number of alkyl carbamates (subject to hydrolysis) is 1. The van der Waals surface area contributed by atoms with Crippen LogP contribution in [-0.4, -0.2) is 29.8 Å². The van der Waals surface area contributed by atoms with Crippen LogP contribution in [0.15, 0.2) is 12.7 Å². The second-order valence-electron chi connectivity index (χ2n) is 4.45. The molecule has 0 fully saturated rings. The van der Waals surface area contributed by atoms with Gasteiger partial charge in [-0.15, -0.1) is 6.58 Å². The summed E-state index contributed by atoms with van der Waals surface area (Å²) in [6, 6.07) is -0.854. The van der Waals surface area contributed by atoms with Gasteiger partial charge in [0.15, 0.2) is 0 Å². The minimum Gasteiger partial charge on any atom is -0.480 e. The van der Waals surface area contributed by atoms with Gasteiger partial charge < -0.3 is 15.2 Å². The number of carboxylic acids is 1. The second-order valence-corrected chi connectivity index (χ2v) is 4.45. The van der Waals surface area contributed by atoms with Crippen LogP contribution in [0.1, 0.15) is 51.9 Å². The molecule has 0 aliphatic rings. The lowest BCUT2D eigenvalue weighted by molar-refractivity contribution is -0.139. The van der Waals surface area contributed by atoms with E-state index in [1.165, 1.54) is 0 Å². The summed E-state index contributed by atoms with van der Waals surface area (Å²) >= 11 is 0. The molecule has 2 N–H and O–H groups in total. The van der Waals surface area contributed by atoms with E-state index in [9.17, 15) is 9.59 Å². The summed E-state index contributed by atoms with van der Waals surface area (Å²) in [5.74, 6) is -1.02. The van der Waals surface area contributed by atoms with Crippen LogP contribution >= 0.6 is 0 Å². The van der Waals surface area contributed by atoms with Crippen molar-refractivity contribution in [2.45, 2.75) is 57.9 Å². The molecule has 0 rings (SSSR count). The molecule has 0 saturated heterocycles. The smallest absolute Gasteiger partial charge is 0.407 e. The van der Waals surface area contributed by atoms with Gasteiger partial charge in [-0.3, -0.25) is 0 Å². The molecule has 0 aromatic carbocycles. The highest BCUT2D eigenvalue weighted by atomic mass is 16.5. The minimum absolute atomic E-state index is 0.323. The van der Waals surface area contributed by atoms with Gasteiger partial charge in [-0.25, -0.2) is 9.59 Å². The molecule has 0 spiro atoms. The summed E-state index contributed by atoms with van der Waals surface area (Å²) in [5, 5.41) is 11.3. The molecule has 0 aromatic heterocycles. The zero-order valence-electron chi connectivity index (χ0n) is 11.7. The van der Waals surface area contributed by atoms with E-state index in [2.05, 4.69) is 11.9 Å². The lowest BCUT2D eigenvalue weighted by Crippen LogP contribution is -2.41. The van der Waals surface area contributed by atoms with Gasteiger partial charge in [0.2, 0.25) is 0 Å². The molecule has 19 heavy (non-hydrogen) atoms.